The molecule has 0 radical (unpaired) electrons. The van der Waals surface area contributed by atoms with Gasteiger partial charge in [-0.2, -0.15) is 0 Å². The fourth-order valence-electron chi connectivity index (χ4n) is 3.10. The third-order valence-corrected chi connectivity index (χ3v) is 4.68. The summed E-state index contributed by atoms with van der Waals surface area (Å²) in [6.07, 6.45) is 2.70. The zero-order valence-corrected chi connectivity index (χ0v) is 11.6. The van der Waals surface area contributed by atoms with Crippen LogP contribution < -0.4 is 0 Å². The van der Waals surface area contributed by atoms with Crippen molar-refractivity contribution < 1.29 is 24.6 Å². The molecular formula is C13H17NO6. The van der Waals surface area contributed by atoms with Gasteiger partial charge in [0.15, 0.2) is 0 Å². The quantitative estimate of drug-likeness (QED) is 0.481. The Morgan fingerprint density at radius 1 is 1.45 bits per heavy atom. The monoisotopic (exact) mass is 283 g/mol. The van der Waals surface area contributed by atoms with Gasteiger partial charge < -0.3 is 5.11 Å². The van der Waals surface area contributed by atoms with Crippen LogP contribution in [-0.2, 0) is 14.6 Å². The third-order valence-electron chi connectivity index (χ3n) is 4.68. The normalized spacial score (nSPS) is 29.8. The Kier molecular flexibility index (Phi) is 3.43. The Balaban J connectivity index is 2.59. The number of rotatable bonds is 3. The number of carboxylic acid groups (broad SMARTS) is 1. The van der Waals surface area contributed by atoms with Gasteiger partial charge in [0.25, 0.3) is 5.70 Å². The molecule has 1 aliphatic heterocycles. The molecule has 1 N–H and O–H groups in total. The summed E-state index contributed by atoms with van der Waals surface area (Å²) in [4.78, 5) is 32.2. The molecule has 0 aromatic carbocycles. The summed E-state index contributed by atoms with van der Waals surface area (Å²) in [5.41, 5.74) is -1.81. The summed E-state index contributed by atoms with van der Waals surface area (Å²) in [6, 6.07) is 0. The van der Waals surface area contributed by atoms with E-state index < -0.39 is 27.6 Å². The predicted octanol–water partition coefficient (Wildman–Crippen LogP) is 1.78. The van der Waals surface area contributed by atoms with E-state index in [1.165, 1.54) is 12.2 Å². The molecule has 0 bridgehead atoms. The molecule has 110 valence electrons. The second-order valence-corrected chi connectivity index (χ2v) is 5.67. The first kappa shape index (κ1) is 14.7. The van der Waals surface area contributed by atoms with Crippen LogP contribution >= 0.6 is 0 Å². The summed E-state index contributed by atoms with van der Waals surface area (Å²) in [5, 5.41) is 20.8. The van der Waals surface area contributed by atoms with Gasteiger partial charge >= 0.3 is 5.97 Å². The molecule has 0 aromatic rings. The Bertz CT molecular complexity index is 515. The first-order valence-corrected chi connectivity index (χ1v) is 6.28. The topological polar surface area (TPSA) is 98.9 Å². The third kappa shape index (κ3) is 1.77. The number of hydrogen-bond acceptors (Lipinski definition) is 5. The zero-order valence-electron chi connectivity index (χ0n) is 11.6. The van der Waals surface area contributed by atoms with E-state index in [1.807, 2.05) is 0 Å². The molecular weight excluding hydrogens is 266 g/mol. The maximum atomic E-state index is 11.9. The number of carboxylic acids is 1. The number of allylic oxidation sites excluding steroid dienone is 2. The van der Waals surface area contributed by atoms with E-state index in [9.17, 15) is 20.0 Å². The van der Waals surface area contributed by atoms with Crippen molar-refractivity contribution >= 4 is 5.97 Å². The summed E-state index contributed by atoms with van der Waals surface area (Å²) < 4.78 is 0. The fourth-order valence-corrected chi connectivity index (χ4v) is 3.10. The number of aliphatic carboxylic acids is 1. The van der Waals surface area contributed by atoms with E-state index >= 15 is 0 Å². The minimum absolute atomic E-state index is 0.0493. The molecule has 1 unspecified atom stereocenters. The molecule has 1 atom stereocenters. The van der Waals surface area contributed by atoms with Crippen molar-refractivity contribution in [1.82, 2.24) is 0 Å². The van der Waals surface area contributed by atoms with E-state index in [-0.39, 0.29) is 18.9 Å². The Morgan fingerprint density at radius 2 is 2.00 bits per heavy atom. The van der Waals surface area contributed by atoms with Crippen LogP contribution in [0.1, 0.15) is 20.8 Å². The number of nitro groups is 1. The smallest absolute Gasteiger partial charge is 0.314 e. The van der Waals surface area contributed by atoms with Crippen molar-refractivity contribution in [2.24, 2.45) is 16.7 Å². The number of hydrogen-bond donors (Lipinski definition) is 1. The fraction of sp³-hybridized carbons (Fsp3) is 0.615. The molecule has 1 aliphatic carbocycles. The van der Waals surface area contributed by atoms with E-state index in [2.05, 4.69) is 0 Å². The largest absolute Gasteiger partial charge is 0.481 e. The maximum Gasteiger partial charge on any atom is 0.314 e. The average molecular weight is 283 g/mol. The minimum atomic E-state index is -1.28. The Morgan fingerprint density at radius 3 is 2.45 bits per heavy atom. The second kappa shape index (κ2) is 4.68. The van der Waals surface area contributed by atoms with Gasteiger partial charge in [-0.3, -0.25) is 14.9 Å². The molecule has 2 aliphatic rings. The van der Waals surface area contributed by atoms with Crippen molar-refractivity contribution in [3.63, 3.8) is 0 Å². The molecule has 1 heterocycles. The van der Waals surface area contributed by atoms with Gasteiger partial charge in [0, 0.05) is 23.0 Å². The van der Waals surface area contributed by atoms with Crippen LogP contribution in [0.4, 0.5) is 0 Å². The lowest BCUT2D eigenvalue weighted by Gasteiger charge is -2.46. The highest BCUT2D eigenvalue weighted by Crippen LogP contribution is 2.55. The first-order valence-electron chi connectivity index (χ1n) is 6.28. The number of carbonyl (C=O) groups is 1. The summed E-state index contributed by atoms with van der Waals surface area (Å²) >= 11 is 0. The van der Waals surface area contributed by atoms with E-state index in [4.69, 9.17) is 9.78 Å². The zero-order chi connectivity index (χ0) is 15.1. The van der Waals surface area contributed by atoms with Gasteiger partial charge in [-0.05, 0) is 6.92 Å². The van der Waals surface area contributed by atoms with Crippen LogP contribution in [0, 0.1) is 26.9 Å². The highest BCUT2D eigenvalue weighted by molar-refractivity contribution is 5.80. The lowest BCUT2D eigenvalue weighted by Crippen LogP contribution is -2.52. The standard InChI is InChI=1S/C13H17NO6/c1-8-10(14(17)18)4-5-13(11(15)16,12(8,2)3)9-6-19-20-7-9/h4-5,9H,6-7H2,1-3H3,(H,15,16). The van der Waals surface area contributed by atoms with Crippen LogP contribution in [-0.4, -0.2) is 29.2 Å². The molecule has 0 aromatic heterocycles. The van der Waals surface area contributed by atoms with Gasteiger partial charge in [-0.1, -0.05) is 19.9 Å². The summed E-state index contributed by atoms with van der Waals surface area (Å²) in [5.74, 6) is -1.42. The van der Waals surface area contributed by atoms with Crippen molar-refractivity contribution in [3.05, 3.63) is 33.5 Å². The number of nitrogens with zero attached hydrogens (tertiary/aromatic N) is 1. The van der Waals surface area contributed by atoms with E-state index in [1.54, 1.807) is 20.8 Å². The van der Waals surface area contributed by atoms with Crippen LogP contribution in [0.3, 0.4) is 0 Å². The molecule has 7 nitrogen and oxygen atoms in total. The van der Waals surface area contributed by atoms with E-state index in [0.717, 1.165) is 0 Å². The second-order valence-electron chi connectivity index (χ2n) is 5.67. The van der Waals surface area contributed by atoms with Crippen molar-refractivity contribution in [2.45, 2.75) is 20.8 Å². The van der Waals surface area contributed by atoms with Gasteiger partial charge in [0.1, 0.15) is 5.41 Å². The predicted molar refractivity (Wildman–Crippen MR) is 68.1 cm³/mol. The van der Waals surface area contributed by atoms with Gasteiger partial charge in [0.05, 0.1) is 18.1 Å². The highest BCUT2D eigenvalue weighted by atomic mass is 17.2. The van der Waals surface area contributed by atoms with Crippen LogP contribution in [0.5, 0.6) is 0 Å². The molecule has 1 saturated heterocycles. The molecule has 1 fully saturated rings. The summed E-state index contributed by atoms with van der Waals surface area (Å²) in [6.45, 7) is 5.34. The van der Waals surface area contributed by atoms with Crippen LogP contribution in [0.2, 0.25) is 0 Å². The Labute approximate surface area is 115 Å². The Hall–Kier alpha value is -1.73. The molecule has 20 heavy (non-hydrogen) atoms. The first-order chi connectivity index (χ1) is 9.25. The van der Waals surface area contributed by atoms with Crippen LogP contribution in [0.15, 0.2) is 23.4 Å². The lowest BCUT2D eigenvalue weighted by atomic mass is 9.54. The maximum absolute atomic E-state index is 11.9. The summed E-state index contributed by atoms with van der Waals surface area (Å²) in [7, 11) is 0. The average Bonchev–Trinajstić information content (AvgIpc) is 2.85. The van der Waals surface area contributed by atoms with E-state index in [0.29, 0.717) is 5.57 Å². The van der Waals surface area contributed by atoms with Gasteiger partial charge in [-0.15, -0.1) is 0 Å². The van der Waals surface area contributed by atoms with Gasteiger partial charge in [-0.25, -0.2) is 9.78 Å². The molecule has 7 heteroatoms. The highest BCUT2D eigenvalue weighted by Gasteiger charge is 2.59. The van der Waals surface area contributed by atoms with Crippen molar-refractivity contribution in [1.29, 1.82) is 0 Å². The van der Waals surface area contributed by atoms with Crippen molar-refractivity contribution in [3.8, 4) is 0 Å². The van der Waals surface area contributed by atoms with Crippen LogP contribution in [0.25, 0.3) is 0 Å². The SMILES string of the molecule is CC1=C([N+](=O)[O-])C=CC(C(=O)O)(C2COOC2)C1(C)C. The van der Waals surface area contributed by atoms with Crippen molar-refractivity contribution in [2.75, 3.05) is 13.2 Å². The molecule has 0 saturated carbocycles. The van der Waals surface area contributed by atoms with Gasteiger partial charge in [0.2, 0.25) is 0 Å². The minimum Gasteiger partial charge on any atom is -0.481 e. The molecule has 0 amide bonds. The molecule has 0 spiro atoms. The lowest BCUT2D eigenvalue weighted by molar-refractivity contribution is -0.421. The molecule has 2 rings (SSSR count).